The van der Waals surface area contributed by atoms with E-state index in [0.29, 0.717) is 6.04 Å². The van der Waals surface area contributed by atoms with Crippen LogP contribution in [0.4, 0.5) is 0 Å². The molecule has 2 heterocycles. The third-order valence-corrected chi connectivity index (χ3v) is 5.52. The van der Waals surface area contributed by atoms with Crippen molar-refractivity contribution in [2.45, 2.75) is 70.0 Å². The minimum atomic E-state index is 0.652. The Labute approximate surface area is 118 Å². The lowest BCUT2D eigenvalue weighted by atomic mass is 9.77. The van der Waals surface area contributed by atoms with Gasteiger partial charge in [0.2, 0.25) is 0 Å². The fraction of sp³-hybridized carbons (Fsp3) is 1.00. The van der Waals surface area contributed by atoms with Gasteiger partial charge in [-0.15, -0.1) is 0 Å². The average Bonchev–Trinajstić information content (AvgIpc) is 2.48. The predicted molar refractivity (Wildman–Crippen MR) is 78.4 cm³/mol. The summed E-state index contributed by atoms with van der Waals surface area (Å²) in [5.74, 6) is 0.983. The Balaban J connectivity index is 1.52. The van der Waals surface area contributed by atoms with Crippen molar-refractivity contribution in [1.29, 1.82) is 0 Å². The van der Waals surface area contributed by atoms with Crippen LogP contribution in [-0.2, 0) is 4.74 Å². The lowest BCUT2D eigenvalue weighted by Gasteiger charge is -2.44. The summed E-state index contributed by atoms with van der Waals surface area (Å²) in [5.41, 5.74) is 0. The lowest BCUT2D eigenvalue weighted by Crippen LogP contribution is -2.56. The Morgan fingerprint density at radius 2 is 2.05 bits per heavy atom. The Kier molecular flexibility index (Phi) is 4.78. The number of hydrogen-bond donors (Lipinski definition) is 1. The number of morpholine rings is 1. The first-order valence-corrected chi connectivity index (χ1v) is 8.44. The molecule has 2 saturated heterocycles. The summed E-state index contributed by atoms with van der Waals surface area (Å²) >= 11 is 0. The van der Waals surface area contributed by atoms with Crippen LogP contribution in [0.15, 0.2) is 0 Å². The lowest BCUT2D eigenvalue weighted by molar-refractivity contribution is -0.0165. The van der Waals surface area contributed by atoms with Gasteiger partial charge in [0.15, 0.2) is 0 Å². The molecule has 3 rings (SSSR count). The highest BCUT2D eigenvalue weighted by atomic mass is 16.5. The Bertz CT molecular complexity index is 284. The van der Waals surface area contributed by atoms with E-state index in [1.165, 1.54) is 51.5 Å². The summed E-state index contributed by atoms with van der Waals surface area (Å²) in [6.45, 7) is 6.53. The number of ether oxygens (including phenoxy) is 1. The topological polar surface area (TPSA) is 24.5 Å². The molecule has 0 radical (unpaired) electrons. The summed E-state index contributed by atoms with van der Waals surface area (Å²) in [6.07, 6.45) is 9.86. The zero-order valence-electron chi connectivity index (χ0n) is 12.4. The summed E-state index contributed by atoms with van der Waals surface area (Å²) < 4.78 is 5.62. The third kappa shape index (κ3) is 3.32. The second-order valence-electron chi connectivity index (χ2n) is 6.72. The van der Waals surface area contributed by atoms with Gasteiger partial charge in [0.25, 0.3) is 0 Å². The van der Waals surface area contributed by atoms with Gasteiger partial charge in [0.1, 0.15) is 0 Å². The molecule has 1 N–H and O–H groups in total. The summed E-state index contributed by atoms with van der Waals surface area (Å²) in [6, 6.07) is 2.21. The second kappa shape index (κ2) is 6.55. The molecule has 3 nitrogen and oxygen atoms in total. The van der Waals surface area contributed by atoms with E-state index in [1.807, 2.05) is 0 Å². The molecule has 110 valence electrons. The van der Waals surface area contributed by atoms with Gasteiger partial charge in [-0.25, -0.2) is 0 Å². The van der Waals surface area contributed by atoms with Gasteiger partial charge in [0.05, 0.1) is 13.2 Å². The summed E-state index contributed by atoms with van der Waals surface area (Å²) in [5, 5.41) is 3.96. The van der Waals surface area contributed by atoms with Crippen LogP contribution in [0, 0.1) is 5.92 Å². The number of piperidine rings is 1. The van der Waals surface area contributed by atoms with E-state index >= 15 is 0 Å². The highest BCUT2D eigenvalue weighted by Crippen LogP contribution is 2.32. The zero-order valence-corrected chi connectivity index (χ0v) is 12.4. The standard InChI is InChI=1S/C16H30N2O/c1-2-15-12-19-10-9-18(15)11-14-8-7-13-5-3-4-6-16(13)17-14/h13-17H,2-12H2,1H3. The van der Waals surface area contributed by atoms with E-state index in [2.05, 4.69) is 17.1 Å². The maximum absolute atomic E-state index is 5.62. The molecule has 0 aromatic rings. The van der Waals surface area contributed by atoms with Gasteiger partial charge in [-0.1, -0.05) is 19.8 Å². The first-order chi connectivity index (χ1) is 9.36. The van der Waals surface area contributed by atoms with Crippen LogP contribution in [-0.4, -0.2) is 49.3 Å². The molecule has 0 spiro atoms. The molecule has 3 aliphatic rings. The summed E-state index contributed by atoms with van der Waals surface area (Å²) in [4.78, 5) is 2.67. The van der Waals surface area contributed by atoms with Crippen LogP contribution in [0.2, 0.25) is 0 Å². The molecule has 3 heteroatoms. The molecule has 4 unspecified atom stereocenters. The monoisotopic (exact) mass is 266 g/mol. The highest BCUT2D eigenvalue weighted by Gasteiger charge is 2.33. The molecule has 0 aromatic carbocycles. The first-order valence-electron chi connectivity index (χ1n) is 8.44. The fourth-order valence-corrected chi connectivity index (χ4v) is 4.31. The molecular formula is C16H30N2O. The maximum atomic E-state index is 5.62. The second-order valence-corrected chi connectivity index (χ2v) is 6.72. The molecule has 1 saturated carbocycles. The van der Waals surface area contributed by atoms with E-state index in [-0.39, 0.29) is 0 Å². The fourth-order valence-electron chi connectivity index (χ4n) is 4.31. The van der Waals surface area contributed by atoms with Crippen LogP contribution in [0.25, 0.3) is 0 Å². The summed E-state index contributed by atoms with van der Waals surface area (Å²) in [7, 11) is 0. The van der Waals surface area contributed by atoms with Crippen molar-refractivity contribution >= 4 is 0 Å². The third-order valence-electron chi connectivity index (χ3n) is 5.52. The molecule has 1 aliphatic carbocycles. The maximum Gasteiger partial charge on any atom is 0.0622 e. The van der Waals surface area contributed by atoms with E-state index < -0.39 is 0 Å². The Morgan fingerprint density at radius 1 is 1.16 bits per heavy atom. The van der Waals surface area contributed by atoms with E-state index in [0.717, 1.165) is 37.8 Å². The van der Waals surface area contributed by atoms with E-state index in [4.69, 9.17) is 4.74 Å². The molecule has 3 fully saturated rings. The number of nitrogens with zero attached hydrogens (tertiary/aromatic N) is 1. The van der Waals surface area contributed by atoms with Crippen LogP contribution in [0.3, 0.4) is 0 Å². The van der Waals surface area contributed by atoms with Crippen molar-refractivity contribution in [1.82, 2.24) is 10.2 Å². The smallest absolute Gasteiger partial charge is 0.0622 e. The van der Waals surface area contributed by atoms with Crippen LogP contribution in [0.5, 0.6) is 0 Å². The number of fused-ring (bicyclic) bond motifs is 1. The molecule has 0 aromatic heterocycles. The number of hydrogen-bond acceptors (Lipinski definition) is 3. The minimum Gasteiger partial charge on any atom is -0.378 e. The molecule has 0 amide bonds. The molecule has 19 heavy (non-hydrogen) atoms. The first kappa shape index (κ1) is 13.8. The average molecular weight is 266 g/mol. The normalized spacial score (nSPS) is 40.9. The van der Waals surface area contributed by atoms with Crippen molar-refractivity contribution < 1.29 is 4.74 Å². The van der Waals surface area contributed by atoms with Crippen molar-refractivity contribution in [3.05, 3.63) is 0 Å². The molecule has 2 aliphatic heterocycles. The molecule has 4 atom stereocenters. The molecular weight excluding hydrogens is 236 g/mol. The van der Waals surface area contributed by atoms with Gasteiger partial charge in [-0.05, 0) is 38.0 Å². The van der Waals surface area contributed by atoms with Gasteiger partial charge < -0.3 is 10.1 Å². The number of rotatable bonds is 3. The quantitative estimate of drug-likeness (QED) is 0.849. The van der Waals surface area contributed by atoms with Crippen molar-refractivity contribution in [3.8, 4) is 0 Å². The largest absolute Gasteiger partial charge is 0.378 e. The van der Waals surface area contributed by atoms with E-state index in [1.54, 1.807) is 0 Å². The Hall–Kier alpha value is -0.120. The van der Waals surface area contributed by atoms with Gasteiger partial charge in [-0.3, -0.25) is 4.90 Å². The van der Waals surface area contributed by atoms with Crippen molar-refractivity contribution in [2.75, 3.05) is 26.3 Å². The van der Waals surface area contributed by atoms with Crippen LogP contribution >= 0.6 is 0 Å². The van der Waals surface area contributed by atoms with E-state index in [9.17, 15) is 0 Å². The van der Waals surface area contributed by atoms with Crippen LogP contribution in [0.1, 0.15) is 51.9 Å². The highest BCUT2D eigenvalue weighted by molar-refractivity contribution is 4.91. The van der Waals surface area contributed by atoms with Crippen molar-refractivity contribution in [2.24, 2.45) is 5.92 Å². The molecule has 0 bridgehead atoms. The number of nitrogens with one attached hydrogen (secondary N) is 1. The van der Waals surface area contributed by atoms with Gasteiger partial charge in [-0.2, -0.15) is 0 Å². The minimum absolute atomic E-state index is 0.652. The van der Waals surface area contributed by atoms with Gasteiger partial charge in [0, 0.05) is 31.2 Å². The van der Waals surface area contributed by atoms with Crippen LogP contribution < -0.4 is 5.32 Å². The van der Waals surface area contributed by atoms with Gasteiger partial charge >= 0.3 is 0 Å². The van der Waals surface area contributed by atoms with Crippen molar-refractivity contribution in [3.63, 3.8) is 0 Å². The SMILES string of the molecule is CCC1COCCN1CC1CCC2CCCCC2N1. The Morgan fingerprint density at radius 3 is 2.95 bits per heavy atom. The zero-order chi connectivity index (χ0) is 13.1. The predicted octanol–water partition coefficient (Wildman–Crippen LogP) is 2.41.